The van der Waals surface area contributed by atoms with Crippen molar-refractivity contribution in [2.24, 2.45) is 5.73 Å². The maximum absolute atomic E-state index is 12.7. The van der Waals surface area contributed by atoms with Gasteiger partial charge in [0, 0.05) is 53.5 Å². The second-order valence-electron chi connectivity index (χ2n) is 8.78. The topological polar surface area (TPSA) is 119 Å². The normalized spacial score (nSPS) is 17.7. The summed E-state index contributed by atoms with van der Waals surface area (Å²) in [6.45, 7) is 0. The third-order valence-electron chi connectivity index (χ3n) is 6.24. The number of carbonyl (C=O) groups excluding carboxylic acids is 1. The van der Waals surface area contributed by atoms with Crippen molar-refractivity contribution in [3.05, 3.63) is 72.6 Å². The van der Waals surface area contributed by atoms with Crippen molar-refractivity contribution in [3.63, 3.8) is 0 Å². The molecule has 2 heterocycles. The fourth-order valence-electron chi connectivity index (χ4n) is 4.32. The van der Waals surface area contributed by atoms with Crippen LogP contribution in [0.15, 0.2) is 67.0 Å². The molecule has 0 spiro atoms. The van der Waals surface area contributed by atoms with E-state index in [9.17, 15) is 4.79 Å². The first-order valence-corrected chi connectivity index (χ1v) is 11.8. The van der Waals surface area contributed by atoms with Gasteiger partial charge >= 0.3 is 0 Å². The monoisotopic (exact) mass is 471 g/mol. The summed E-state index contributed by atoms with van der Waals surface area (Å²) in [5, 5.41) is 14.5. The van der Waals surface area contributed by atoms with E-state index in [0.29, 0.717) is 29.1 Å². The van der Waals surface area contributed by atoms with Gasteiger partial charge in [-0.05, 0) is 62.1 Å². The predicted molar refractivity (Wildman–Crippen MR) is 138 cm³/mol. The van der Waals surface area contributed by atoms with Crippen LogP contribution >= 0.6 is 0 Å². The summed E-state index contributed by atoms with van der Waals surface area (Å²) in [6.07, 6.45) is 7.67. The second-order valence-corrected chi connectivity index (χ2v) is 8.78. The van der Waals surface area contributed by atoms with Crippen molar-refractivity contribution < 1.29 is 9.53 Å². The van der Waals surface area contributed by atoms with Crippen molar-refractivity contribution in [1.29, 1.82) is 0 Å². The van der Waals surface area contributed by atoms with Crippen LogP contribution in [0.2, 0.25) is 0 Å². The van der Waals surface area contributed by atoms with Gasteiger partial charge in [-0.25, -0.2) is 9.50 Å². The smallest absolute Gasteiger partial charge is 0.255 e. The van der Waals surface area contributed by atoms with Crippen LogP contribution in [0, 0.1) is 0 Å². The second kappa shape index (κ2) is 10.0. The van der Waals surface area contributed by atoms with Gasteiger partial charge in [0.1, 0.15) is 11.6 Å². The van der Waals surface area contributed by atoms with Crippen molar-refractivity contribution >= 4 is 34.4 Å². The first kappa shape index (κ1) is 22.7. The molecule has 1 fully saturated rings. The molecule has 0 atom stereocenters. The zero-order valence-corrected chi connectivity index (χ0v) is 19.6. The molecule has 0 unspecified atom stereocenters. The molecule has 35 heavy (non-hydrogen) atoms. The molecular weight excluding hydrogens is 442 g/mol. The lowest BCUT2D eigenvalue weighted by atomic mass is 9.92. The third kappa shape index (κ3) is 5.36. The Labute approximate surface area is 203 Å². The summed E-state index contributed by atoms with van der Waals surface area (Å²) in [5.41, 5.74) is 9.67. The average molecular weight is 472 g/mol. The number of carbonyl (C=O) groups is 1. The van der Waals surface area contributed by atoms with Crippen molar-refractivity contribution in [2.45, 2.75) is 37.8 Å². The number of rotatable bonds is 7. The van der Waals surface area contributed by atoms with Crippen LogP contribution in [0.4, 0.5) is 22.9 Å². The molecule has 4 aromatic rings. The number of aromatic nitrogens is 3. The fourth-order valence-corrected chi connectivity index (χ4v) is 4.32. The van der Waals surface area contributed by atoms with E-state index < -0.39 is 0 Å². The summed E-state index contributed by atoms with van der Waals surface area (Å²) in [6, 6.07) is 17.2. The van der Waals surface area contributed by atoms with E-state index in [0.717, 1.165) is 48.5 Å². The molecule has 0 radical (unpaired) electrons. The maximum atomic E-state index is 12.7. The van der Waals surface area contributed by atoms with Gasteiger partial charge in [-0.2, -0.15) is 0 Å². The number of hydrogen-bond donors (Lipinski definition) is 4. The zero-order chi connectivity index (χ0) is 24.2. The van der Waals surface area contributed by atoms with Crippen LogP contribution < -0.4 is 26.4 Å². The quantitative estimate of drug-likeness (QED) is 0.315. The zero-order valence-electron chi connectivity index (χ0n) is 19.6. The number of anilines is 4. The minimum absolute atomic E-state index is 0.192. The summed E-state index contributed by atoms with van der Waals surface area (Å²) >= 11 is 0. The molecule has 0 bridgehead atoms. The first-order chi connectivity index (χ1) is 17.1. The fraction of sp³-hybridized carbons (Fsp3) is 0.269. The number of fused-ring (bicyclic) bond motifs is 1. The van der Waals surface area contributed by atoms with Crippen LogP contribution in [-0.4, -0.2) is 39.7 Å². The number of amides is 1. The molecule has 2 aromatic carbocycles. The van der Waals surface area contributed by atoms with Crippen LogP contribution in [0.5, 0.6) is 5.75 Å². The third-order valence-corrected chi connectivity index (χ3v) is 6.24. The Morgan fingerprint density at radius 2 is 1.86 bits per heavy atom. The molecule has 0 saturated heterocycles. The van der Waals surface area contributed by atoms with Crippen LogP contribution in [-0.2, 0) is 0 Å². The summed E-state index contributed by atoms with van der Waals surface area (Å²) < 4.78 is 6.97. The molecule has 1 saturated carbocycles. The first-order valence-electron chi connectivity index (χ1n) is 11.8. The van der Waals surface area contributed by atoms with Crippen LogP contribution in [0.3, 0.4) is 0 Å². The highest BCUT2D eigenvalue weighted by molar-refractivity contribution is 6.04. The molecule has 9 heteroatoms. The van der Waals surface area contributed by atoms with Gasteiger partial charge in [0.05, 0.1) is 12.8 Å². The van der Waals surface area contributed by atoms with Crippen LogP contribution in [0.1, 0.15) is 36.0 Å². The molecule has 5 N–H and O–H groups in total. The molecule has 5 rings (SSSR count). The van der Waals surface area contributed by atoms with Gasteiger partial charge in [0.15, 0.2) is 5.65 Å². The Bertz CT molecular complexity index is 1310. The standard InChI is InChI=1S/C26H29N7O2/c1-35-22-4-2-3-21(15-22)31-26(34)17-5-9-19(10-6-17)29-23-16-24(32-33-14-13-28-25(23)33)30-20-11-7-18(27)8-12-20/h2-6,9-10,13-16,18,20,29H,7-8,11-12,27H2,1H3,(H,30,32)(H,31,34). The van der Waals surface area contributed by atoms with E-state index in [-0.39, 0.29) is 5.91 Å². The number of nitrogens with zero attached hydrogens (tertiary/aromatic N) is 3. The number of imidazole rings is 1. The highest BCUT2D eigenvalue weighted by Gasteiger charge is 2.19. The van der Waals surface area contributed by atoms with Crippen molar-refractivity contribution in [2.75, 3.05) is 23.1 Å². The van der Waals surface area contributed by atoms with Gasteiger partial charge in [-0.1, -0.05) is 6.07 Å². The lowest BCUT2D eigenvalue weighted by Crippen LogP contribution is -2.33. The molecule has 2 aromatic heterocycles. The molecule has 9 nitrogen and oxygen atoms in total. The highest BCUT2D eigenvalue weighted by Crippen LogP contribution is 2.26. The lowest BCUT2D eigenvalue weighted by molar-refractivity contribution is 0.102. The van der Waals surface area contributed by atoms with Gasteiger partial charge in [-0.3, -0.25) is 4.79 Å². The van der Waals surface area contributed by atoms with E-state index in [1.807, 2.05) is 42.6 Å². The maximum Gasteiger partial charge on any atom is 0.255 e. The predicted octanol–water partition coefficient (Wildman–Crippen LogP) is 4.42. The number of benzene rings is 2. The van der Waals surface area contributed by atoms with E-state index in [4.69, 9.17) is 10.5 Å². The van der Waals surface area contributed by atoms with E-state index in [2.05, 4.69) is 26.0 Å². The molecule has 1 aliphatic rings. The van der Waals surface area contributed by atoms with Crippen molar-refractivity contribution in [3.8, 4) is 5.75 Å². The van der Waals surface area contributed by atoms with Gasteiger partial charge in [-0.15, -0.1) is 5.10 Å². The minimum atomic E-state index is -0.192. The molecule has 1 amide bonds. The average Bonchev–Trinajstić information content (AvgIpc) is 3.35. The lowest BCUT2D eigenvalue weighted by Gasteiger charge is -2.27. The number of ether oxygens (including phenoxy) is 1. The number of nitrogens with one attached hydrogen (secondary N) is 3. The SMILES string of the molecule is COc1cccc(NC(=O)c2ccc(Nc3cc(NC4CCC(N)CC4)nn4ccnc34)cc2)c1. The Kier molecular flexibility index (Phi) is 6.49. The Morgan fingerprint density at radius 1 is 1.06 bits per heavy atom. The van der Waals surface area contributed by atoms with E-state index in [1.54, 1.807) is 36.0 Å². The molecule has 1 aliphatic carbocycles. The Morgan fingerprint density at radius 3 is 2.63 bits per heavy atom. The summed E-state index contributed by atoms with van der Waals surface area (Å²) in [5.74, 6) is 1.28. The number of methoxy groups -OCH3 is 1. The van der Waals surface area contributed by atoms with Crippen molar-refractivity contribution in [1.82, 2.24) is 14.6 Å². The van der Waals surface area contributed by atoms with Gasteiger partial charge < -0.3 is 26.4 Å². The number of nitrogens with two attached hydrogens (primary N) is 1. The Hall–Kier alpha value is -4.11. The van der Waals surface area contributed by atoms with Crippen LogP contribution in [0.25, 0.3) is 5.65 Å². The van der Waals surface area contributed by atoms with E-state index >= 15 is 0 Å². The molecular formula is C26H29N7O2. The van der Waals surface area contributed by atoms with Gasteiger partial charge in [0.25, 0.3) is 5.91 Å². The van der Waals surface area contributed by atoms with E-state index in [1.165, 1.54) is 0 Å². The summed E-state index contributed by atoms with van der Waals surface area (Å²) in [4.78, 5) is 17.1. The Balaban J connectivity index is 1.29. The summed E-state index contributed by atoms with van der Waals surface area (Å²) in [7, 11) is 1.59. The highest BCUT2D eigenvalue weighted by atomic mass is 16.5. The number of hydrogen-bond acceptors (Lipinski definition) is 7. The minimum Gasteiger partial charge on any atom is -0.497 e. The van der Waals surface area contributed by atoms with Gasteiger partial charge in [0.2, 0.25) is 0 Å². The molecule has 180 valence electrons. The largest absolute Gasteiger partial charge is 0.497 e. The molecule has 0 aliphatic heterocycles.